The van der Waals surface area contributed by atoms with E-state index in [1.807, 2.05) is 37.5 Å². The van der Waals surface area contributed by atoms with Gasteiger partial charge in [-0.3, -0.25) is 14.3 Å². The van der Waals surface area contributed by atoms with Crippen LogP contribution in [0.15, 0.2) is 21.2 Å². The van der Waals surface area contributed by atoms with Crippen LogP contribution in [0.1, 0.15) is 42.5 Å². The number of aryl methyl sites for hydroxylation is 3. The summed E-state index contributed by atoms with van der Waals surface area (Å²) in [6, 6.07) is 3.79. The summed E-state index contributed by atoms with van der Waals surface area (Å²) < 4.78 is 15.4. The van der Waals surface area contributed by atoms with E-state index in [4.69, 9.17) is 9.47 Å². The molecule has 0 radical (unpaired) electrons. The van der Waals surface area contributed by atoms with Gasteiger partial charge in [-0.2, -0.15) is 5.26 Å². The standard InChI is InChI=1S/C24H30N6O5/c1-6-7-8-30-21-20(22(31)27-24(30)33)28(4)19(26-21)14-35-23(32)18(13-25)12-17-11-15(2)29(16(17)3)9-10-34-5/h11-12H,6-10,14H2,1-5H3,(H,27,31,33)/b18-12-. The lowest BCUT2D eigenvalue weighted by molar-refractivity contribution is -0.140. The molecule has 35 heavy (non-hydrogen) atoms. The van der Waals surface area contributed by atoms with Gasteiger partial charge in [-0.1, -0.05) is 13.3 Å². The van der Waals surface area contributed by atoms with E-state index >= 15 is 0 Å². The molecule has 3 rings (SSSR count). The Morgan fingerprint density at radius 2 is 2.00 bits per heavy atom. The number of unbranched alkanes of at least 4 members (excludes halogenated alkanes) is 1. The van der Waals surface area contributed by atoms with Gasteiger partial charge in [0.05, 0.1) is 6.61 Å². The van der Waals surface area contributed by atoms with Gasteiger partial charge in [-0.25, -0.2) is 14.6 Å². The van der Waals surface area contributed by atoms with Crippen LogP contribution in [0.25, 0.3) is 17.2 Å². The van der Waals surface area contributed by atoms with Crippen molar-refractivity contribution in [3.05, 3.63) is 55.3 Å². The van der Waals surface area contributed by atoms with Crippen molar-refractivity contribution in [2.75, 3.05) is 13.7 Å². The fourth-order valence-corrected chi connectivity index (χ4v) is 3.94. The molecule has 0 amide bonds. The normalized spacial score (nSPS) is 11.7. The fraction of sp³-hybridized carbons (Fsp3) is 0.458. The van der Waals surface area contributed by atoms with Crippen LogP contribution in [0.3, 0.4) is 0 Å². The second-order valence-corrected chi connectivity index (χ2v) is 8.24. The molecule has 0 bridgehead atoms. The average Bonchev–Trinajstić information content (AvgIpc) is 3.29. The van der Waals surface area contributed by atoms with Crippen LogP contribution in [-0.2, 0) is 41.0 Å². The number of methoxy groups -OCH3 is 1. The number of hydrogen-bond donors (Lipinski definition) is 1. The largest absolute Gasteiger partial charge is 0.453 e. The minimum Gasteiger partial charge on any atom is -0.453 e. The Labute approximate surface area is 202 Å². The average molecular weight is 483 g/mol. The second kappa shape index (κ2) is 11.0. The van der Waals surface area contributed by atoms with E-state index in [0.717, 1.165) is 29.8 Å². The first-order valence-corrected chi connectivity index (χ1v) is 11.4. The van der Waals surface area contributed by atoms with Crippen LogP contribution in [0, 0.1) is 25.2 Å². The van der Waals surface area contributed by atoms with Gasteiger partial charge in [0.2, 0.25) is 0 Å². The minimum absolute atomic E-state index is 0.159. The summed E-state index contributed by atoms with van der Waals surface area (Å²) in [5, 5.41) is 9.57. The first-order valence-electron chi connectivity index (χ1n) is 11.4. The summed E-state index contributed by atoms with van der Waals surface area (Å²) in [5.41, 5.74) is 1.82. The summed E-state index contributed by atoms with van der Waals surface area (Å²) in [6.45, 7) is 7.18. The zero-order valence-electron chi connectivity index (χ0n) is 20.7. The van der Waals surface area contributed by atoms with E-state index in [0.29, 0.717) is 19.7 Å². The number of esters is 1. The van der Waals surface area contributed by atoms with Gasteiger partial charge in [0.25, 0.3) is 5.56 Å². The molecule has 0 spiro atoms. The predicted molar refractivity (Wildman–Crippen MR) is 130 cm³/mol. The number of ether oxygens (including phenoxy) is 2. The molecule has 1 N–H and O–H groups in total. The maximum atomic E-state index is 12.7. The number of nitrogens with one attached hydrogen (secondary N) is 1. The van der Waals surface area contributed by atoms with E-state index in [9.17, 15) is 19.6 Å². The van der Waals surface area contributed by atoms with Crippen LogP contribution >= 0.6 is 0 Å². The summed E-state index contributed by atoms with van der Waals surface area (Å²) in [4.78, 5) is 44.1. The molecule has 11 heteroatoms. The molecule has 3 aromatic heterocycles. The van der Waals surface area contributed by atoms with Crippen molar-refractivity contribution < 1.29 is 14.3 Å². The van der Waals surface area contributed by atoms with Crippen LogP contribution in [-0.4, -0.2) is 43.4 Å². The van der Waals surface area contributed by atoms with Crippen molar-refractivity contribution in [3.63, 3.8) is 0 Å². The molecule has 186 valence electrons. The topological polar surface area (TPSA) is 137 Å². The lowest BCUT2D eigenvalue weighted by Gasteiger charge is -2.08. The van der Waals surface area contributed by atoms with E-state index in [1.54, 1.807) is 14.2 Å². The molecule has 0 aliphatic carbocycles. The van der Waals surface area contributed by atoms with Gasteiger partial charge in [-0.15, -0.1) is 0 Å². The number of imidazole rings is 1. The fourth-order valence-electron chi connectivity index (χ4n) is 3.94. The Bertz CT molecular complexity index is 1430. The highest BCUT2D eigenvalue weighted by Crippen LogP contribution is 2.19. The number of nitrogens with zero attached hydrogens (tertiary/aromatic N) is 5. The molecule has 11 nitrogen and oxygen atoms in total. The van der Waals surface area contributed by atoms with Crippen molar-refractivity contribution in [1.82, 2.24) is 23.7 Å². The maximum absolute atomic E-state index is 12.7. The van der Waals surface area contributed by atoms with Gasteiger partial charge in [0.15, 0.2) is 11.2 Å². The first-order chi connectivity index (χ1) is 16.7. The van der Waals surface area contributed by atoms with Crippen molar-refractivity contribution in [2.24, 2.45) is 7.05 Å². The molecule has 0 aliphatic rings. The highest BCUT2D eigenvalue weighted by atomic mass is 16.5. The summed E-state index contributed by atoms with van der Waals surface area (Å²) in [6.07, 6.45) is 3.10. The Balaban J connectivity index is 1.86. The molecule has 0 saturated carbocycles. The highest BCUT2D eigenvalue weighted by molar-refractivity contribution is 5.98. The number of aromatic amines is 1. The van der Waals surface area contributed by atoms with E-state index < -0.39 is 17.2 Å². The Morgan fingerprint density at radius 1 is 1.26 bits per heavy atom. The molecule has 0 fully saturated rings. The van der Waals surface area contributed by atoms with Crippen LogP contribution < -0.4 is 11.2 Å². The number of aromatic nitrogens is 5. The number of carbonyl (C=O) groups is 1. The molecular formula is C24H30N6O5. The zero-order valence-corrected chi connectivity index (χ0v) is 20.7. The van der Waals surface area contributed by atoms with Gasteiger partial charge in [-0.05, 0) is 38.0 Å². The SMILES string of the molecule is CCCCn1c(=O)[nH]c(=O)c2c1nc(COC(=O)/C(C#N)=C\c1cc(C)n(CCOC)c1C)n2C. The monoisotopic (exact) mass is 482 g/mol. The summed E-state index contributed by atoms with van der Waals surface area (Å²) >= 11 is 0. The van der Waals surface area contributed by atoms with E-state index in [1.165, 1.54) is 15.2 Å². The molecule has 0 aromatic carbocycles. The number of H-pyrrole nitrogens is 1. The maximum Gasteiger partial charge on any atom is 0.349 e. The summed E-state index contributed by atoms with van der Waals surface area (Å²) in [7, 11) is 3.24. The smallest absolute Gasteiger partial charge is 0.349 e. The van der Waals surface area contributed by atoms with E-state index in [2.05, 4.69) is 9.97 Å². The second-order valence-electron chi connectivity index (χ2n) is 8.24. The third kappa shape index (κ3) is 5.27. The van der Waals surface area contributed by atoms with Gasteiger partial charge >= 0.3 is 11.7 Å². The lowest BCUT2D eigenvalue weighted by atomic mass is 10.1. The van der Waals surface area contributed by atoms with Crippen molar-refractivity contribution in [2.45, 2.75) is 53.3 Å². The van der Waals surface area contributed by atoms with Crippen molar-refractivity contribution >= 4 is 23.2 Å². The number of rotatable bonds is 10. The molecule has 0 unspecified atom stereocenters. The highest BCUT2D eigenvalue weighted by Gasteiger charge is 2.19. The summed E-state index contributed by atoms with van der Waals surface area (Å²) in [5.74, 6) is -0.525. The van der Waals surface area contributed by atoms with Crippen molar-refractivity contribution in [3.8, 4) is 6.07 Å². The predicted octanol–water partition coefficient (Wildman–Crippen LogP) is 1.94. The number of fused-ring (bicyclic) bond motifs is 1. The molecule has 0 aliphatic heterocycles. The number of nitriles is 1. The van der Waals surface area contributed by atoms with Crippen LogP contribution in [0.4, 0.5) is 0 Å². The van der Waals surface area contributed by atoms with Crippen molar-refractivity contribution in [1.29, 1.82) is 5.26 Å². The quantitative estimate of drug-likeness (QED) is 0.265. The van der Waals surface area contributed by atoms with E-state index in [-0.39, 0.29) is 29.2 Å². The Hall–Kier alpha value is -3.91. The first kappa shape index (κ1) is 25.7. The van der Waals surface area contributed by atoms with Gasteiger partial charge in [0, 0.05) is 38.6 Å². The number of hydrogen-bond acceptors (Lipinski definition) is 7. The van der Waals surface area contributed by atoms with Gasteiger partial charge in [0.1, 0.15) is 24.1 Å². The molecule has 0 atom stereocenters. The molecule has 3 aromatic rings. The number of carbonyl (C=O) groups excluding carboxylic acids is 1. The minimum atomic E-state index is -0.807. The van der Waals surface area contributed by atoms with Crippen LogP contribution in [0.5, 0.6) is 0 Å². The van der Waals surface area contributed by atoms with Gasteiger partial charge < -0.3 is 18.6 Å². The third-order valence-electron chi connectivity index (χ3n) is 5.95. The molecule has 3 heterocycles. The molecular weight excluding hydrogens is 452 g/mol. The Morgan fingerprint density at radius 3 is 2.66 bits per heavy atom. The molecule has 0 saturated heterocycles. The third-order valence-corrected chi connectivity index (χ3v) is 5.95. The Kier molecular flexibility index (Phi) is 8.09. The lowest BCUT2D eigenvalue weighted by Crippen LogP contribution is -2.31. The van der Waals surface area contributed by atoms with Crippen LogP contribution in [0.2, 0.25) is 0 Å². The zero-order chi connectivity index (χ0) is 25.7.